The van der Waals surface area contributed by atoms with Crippen LogP contribution in [-0.4, -0.2) is 7.05 Å². The van der Waals surface area contributed by atoms with Gasteiger partial charge in [-0.2, -0.15) is 0 Å². The molecule has 0 heterocycles. The van der Waals surface area contributed by atoms with Crippen molar-refractivity contribution in [2.45, 2.75) is 13.8 Å². The molecule has 0 rings (SSSR count). The van der Waals surface area contributed by atoms with E-state index in [2.05, 4.69) is 27.9 Å². The topological polar surface area (TPSA) is 38.0 Å². The second-order valence-corrected chi connectivity index (χ2v) is 3.03. The molecular formula is C7H13IN2. The Hall–Kier alpha value is -0.190. The third-order valence-corrected chi connectivity index (χ3v) is 2.72. The number of allylic oxidation sites excluding steroid dienone is 3. The Bertz CT molecular complexity index is 170. The van der Waals surface area contributed by atoms with Gasteiger partial charge in [0.25, 0.3) is 0 Å². The van der Waals surface area contributed by atoms with E-state index in [0.29, 0.717) is 0 Å². The summed E-state index contributed by atoms with van der Waals surface area (Å²) in [4.78, 5) is 0. The quantitative estimate of drug-likeness (QED) is 0.580. The Morgan fingerprint density at radius 2 is 2.10 bits per heavy atom. The first-order valence-corrected chi connectivity index (χ1v) is 4.17. The lowest BCUT2D eigenvalue weighted by atomic mass is 10.3. The van der Waals surface area contributed by atoms with E-state index in [4.69, 9.17) is 5.73 Å². The molecule has 2 nitrogen and oxygen atoms in total. The smallest absolute Gasteiger partial charge is 0.110 e. The van der Waals surface area contributed by atoms with Crippen LogP contribution in [-0.2, 0) is 0 Å². The molecule has 0 spiro atoms. The minimum absolute atomic E-state index is 0.733. The van der Waals surface area contributed by atoms with Crippen LogP contribution in [0.3, 0.4) is 0 Å². The van der Waals surface area contributed by atoms with Crippen LogP contribution in [0.4, 0.5) is 0 Å². The standard InChI is InChI=1S/C7H13IN2/c1-4-5(2)6(8)7(9)10-3/h4,10H,9H2,1-3H3/b5-4+,7-6+. The molecule has 10 heavy (non-hydrogen) atoms. The summed E-state index contributed by atoms with van der Waals surface area (Å²) in [6, 6.07) is 0. The van der Waals surface area contributed by atoms with E-state index in [0.717, 1.165) is 9.40 Å². The van der Waals surface area contributed by atoms with Crippen molar-refractivity contribution < 1.29 is 0 Å². The van der Waals surface area contributed by atoms with Crippen LogP contribution < -0.4 is 11.1 Å². The maximum atomic E-state index is 5.61. The summed E-state index contributed by atoms with van der Waals surface area (Å²) >= 11 is 2.22. The molecule has 58 valence electrons. The zero-order valence-electron chi connectivity index (χ0n) is 6.53. The molecule has 0 unspecified atom stereocenters. The highest BCUT2D eigenvalue weighted by molar-refractivity contribution is 14.1. The summed E-state index contributed by atoms with van der Waals surface area (Å²) in [5, 5.41) is 2.89. The molecule has 0 aromatic rings. The average molecular weight is 252 g/mol. The van der Waals surface area contributed by atoms with Gasteiger partial charge in [-0.25, -0.2) is 0 Å². The van der Waals surface area contributed by atoms with Crippen molar-refractivity contribution >= 4 is 22.6 Å². The molecule has 0 amide bonds. The van der Waals surface area contributed by atoms with Gasteiger partial charge in [0, 0.05) is 7.05 Å². The zero-order valence-corrected chi connectivity index (χ0v) is 8.69. The molecule has 0 radical (unpaired) electrons. The highest BCUT2D eigenvalue weighted by Crippen LogP contribution is 2.17. The minimum atomic E-state index is 0.733. The van der Waals surface area contributed by atoms with E-state index >= 15 is 0 Å². The van der Waals surface area contributed by atoms with Gasteiger partial charge in [-0.15, -0.1) is 0 Å². The number of rotatable bonds is 2. The van der Waals surface area contributed by atoms with Crippen molar-refractivity contribution in [3.8, 4) is 0 Å². The largest absolute Gasteiger partial charge is 0.385 e. The first-order chi connectivity index (χ1) is 4.63. The van der Waals surface area contributed by atoms with E-state index in [9.17, 15) is 0 Å². The molecule has 0 saturated heterocycles. The lowest BCUT2D eigenvalue weighted by Crippen LogP contribution is -2.16. The van der Waals surface area contributed by atoms with E-state index < -0.39 is 0 Å². The predicted molar refractivity (Wildman–Crippen MR) is 53.7 cm³/mol. The fourth-order valence-corrected chi connectivity index (χ4v) is 1.03. The van der Waals surface area contributed by atoms with Crippen molar-refractivity contribution in [1.82, 2.24) is 5.32 Å². The van der Waals surface area contributed by atoms with Gasteiger partial charge in [-0.1, -0.05) is 6.08 Å². The Kier molecular flexibility index (Phi) is 4.51. The van der Waals surface area contributed by atoms with Crippen LogP contribution in [0.15, 0.2) is 21.0 Å². The summed E-state index contributed by atoms with van der Waals surface area (Å²) in [6.07, 6.45) is 2.03. The summed E-state index contributed by atoms with van der Waals surface area (Å²) in [5.74, 6) is 0.733. The predicted octanol–water partition coefficient (Wildman–Crippen LogP) is 1.73. The fraction of sp³-hybridized carbons (Fsp3) is 0.429. The van der Waals surface area contributed by atoms with Crippen LogP contribution in [0, 0.1) is 0 Å². The van der Waals surface area contributed by atoms with Crippen LogP contribution in [0.2, 0.25) is 0 Å². The van der Waals surface area contributed by atoms with E-state index in [1.807, 2.05) is 27.0 Å². The Morgan fingerprint density at radius 1 is 1.60 bits per heavy atom. The van der Waals surface area contributed by atoms with Gasteiger partial charge >= 0.3 is 0 Å². The molecular weight excluding hydrogens is 239 g/mol. The monoisotopic (exact) mass is 252 g/mol. The maximum Gasteiger partial charge on any atom is 0.110 e. The molecule has 0 bridgehead atoms. The molecule has 3 heteroatoms. The van der Waals surface area contributed by atoms with Gasteiger partial charge in [-0.3, -0.25) is 0 Å². The second-order valence-electron chi connectivity index (χ2n) is 1.95. The van der Waals surface area contributed by atoms with Crippen LogP contribution in [0.25, 0.3) is 0 Å². The maximum absolute atomic E-state index is 5.61. The summed E-state index contributed by atoms with van der Waals surface area (Å²) < 4.78 is 1.09. The summed E-state index contributed by atoms with van der Waals surface area (Å²) in [5.41, 5.74) is 6.81. The Balaban J connectivity index is 4.46. The van der Waals surface area contributed by atoms with Crippen molar-refractivity contribution in [2.75, 3.05) is 7.05 Å². The zero-order chi connectivity index (χ0) is 8.15. The van der Waals surface area contributed by atoms with Gasteiger partial charge in [0.05, 0.1) is 3.58 Å². The fourth-order valence-electron chi connectivity index (χ4n) is 0.449. The normalized spacial score (nSPS) is 14.6. The van der Waals surface area contributed by atoms with Crippen LogP contribution >= 0.6 is 22.6 Å². The lowest BCUT2D eigenvalue weighted by molar-refractivity contribution is 0.959. The molecule has 3 N–H and O–H groups in total. The Morgan fingerprint density at radius 3 is 2.40 bits per heavy atom. The van der Waals surface area contributed by atoms with Gasteiger partial charge in [-0.05, 0) is 42.0 Å². The molecule has 0 aliphatic rings. The van der Waals surface area contributed by atoms with Crippen molar-refractivity contribution in [1.29, 1.82) is 0 Å². The van der Waals surface area contributed by atoms with Crippen LogP contribution in [0.5, 0.6) is 0 Å². The molecule has 0 atom stereocenters. The number of hydrogen-bond acceptors (Lipinski definition) is 2. The van der Waals surface area contributed by atoms with E-state index in [1.54, 1.807) is 0 Å². The van der Waals surface area contributed by atoms with Crippen molar-refractivity contribution in [3.63, 3.8) is 0 Å². The first-order valence-electron chi connectivity index (χ1n) is 3.09. The molecule has 0 aromatic heterocycles. The highest BCUT2D eigenvalue weighted by Gasteiger charge is 1.97. The van der Waals surface area contributed by atoms with E-state index in [1.165, 1.54) is 5.57 Å². The third-order valence-electron chi connectivity index (χ3n) is 1.29. The van der Waals surface area contributed by atoms with Crippen LogP contribution in [0.1, 0.15) is 13.8 Å². The number of halogens is 1. The summed E-state index contributed by atoms with van der Waals surface area (Å²) in [6.45, 7) is 4.03. The molecule has 0 fully saturated rings. The van der Waals surface area contributed by atoms with E-state index in [-0.39, 0.29) is 0 Å². The molecule has 0 saturated carbocycles. The van der Waals surface area contributed by atoms with Gasteiger partial charge in [0.1, 0.15) is 5.82 Å². The first kappa shape index (κ1) is 9.81. The van der Waals surface area contributed by atoms with Crippen molar-refractivity contribution in [2.24, 2.45) is 5.73 Å². The van der Waals surface area contributed by atoms with Gasteiger partial charge in [0.15, 0.2) is 0 Å². The average Bonchev–Trinajstić information content (AvgIpc) is 2.00. The van der Waals surface area contributed by atoms with Gasteiger partial charge < -0.3 is 11.1 Å². The third kappa shape index (κ3) is 2.60. The Labute approximate surface area is 75.7 Å². The van der Waals surface area contributed by atoms with Crippen molar-refractivity contribution in [3.05, 3.63) is 21.0 Å². The second kappa shape index (κ2) is 4.60. The number of nitrogens with two attached hydrogens (primary N) is 1. The SMILES string of the molecule is C/C=C(C)/C(I)=C(/N)NC. The molecule has 0 aliphatic heterocycles. The highest BCUT2D eigenvalue weighted by atomic mass is 127. The molecule has 0 aliphatic carbocycles. The summed E-state index contributed by atoms with van der Waals surface area (Å²) in [7, 11) is 1.82. The lowest BCUT2D eigenvalue weighted by Gasteiger charge is -2.04. The minimum Gasteiger partial charge on any atom is -0.385 e. The molecule has 0 aromatic carbocycles. The number of hydrogen-bond donors (Lipinski definition) is 2. The van der Waals surface area contributed by atoms with Gasteiger partial charge in [0.2, 0.25) is 0 Å². The number of nitrogens with one attached hydrogen (secondary N) is 1.